The van der Waals surface area contributed by atoms with Crippen molar-refractivity contribution in [2.75, 3.05) is 6.54 Å². The van der Waals surface area contributed by atoms with Gasteiger partial charge in [-0.15, -0.1) is 0 Å². The van der Waals surface area contributed by atoms with Crippen molar-refractivity contribution in [3.8, 4) is 0 Å². The van der Waals surface area contributed by atoms with Gasteiger partial charge in [0.2, 0.25) is 0 Å². The fourth-order valence-corrected chi connectivity index (χ4v) is 1.47. The van der Waals surface area contributed by atoms with Crippen molar-refractivity contribution in [3.05, 3.63) is 35.4 Å². The summed E-state index contributed by atoms with van der Waals surface area (Å²) >= 11 is 0. The molecule has 0 fully saturated rings. The zero-order valence-corrected chi connectivity index (χ0v) is 8.42. The highest BCUT2D eigenvalue weighted by Crippen LogP contribution is 2.07. The van der Waals surface area contributed by atoms with Crippen molar-refractivity contribution < 1.29 is 0 Å². The van der Waals surface area contributed by atoms with Crippen molar-refractivity contribution in [1.82, 2.24) is 0 Å². The Morgan fingerprint density at radius 2 is 1.54 bits per heavy atom. The van der Waals surface area contributed by atoms with Gasteiger partial charge in [0.15, 0.2) is 0 Å². The normalized spacial score (nSPS) is 10.3. The van der Waals surface area contributed by atoms with Gasteiger partial charge in [-0.25, -0.2) is 0 Å². The first kappa shape index (κ1) is 10.3. The summed E-state index contributed by atoms with van der Waals surface area (Å²) in [6.45, 7) is 3.00. The smallest absolute Gasteiger partial charge is 0.00741 e. The number of nitrogens with two attached hydrogens (primary N) is 1. The van der Waals surface area contributed by atoms with Gasteiger partial charge in [-0.05, 0) is 36.9 Å². The molecule has 0 saturated carbocycles. The van der Waals surface area contributed by atoms with Crippen LogP contribution in [0.25, 0.3) is 0 Å². The Balaban J connectivity index is 2.48. The SMILES string of the molecule is CCCc1ccc(CCCN)cc1. The molecule has 2 N–H and O–H groups in total. The Labute approximate surface area is 81.0 Å². The molecule has 0 heterocycles. The Morgan fingerprint density at radius 1 is 1.00 bits per heavy atom. The van der Waals surface area contributed by atoms with Crippen LogP contribution in [-0.4, -0.2) is 6.54 Å². The molecule has 0 aliphatic rings. The second-order valence-corrected chi connectivity index (χ2v) is 3.46. The molecular formula is C12H19N. The van der Waals surface area contributed by atoms with Crippen LogP contribution in [0.15, 0.2) is 24.3 Å². The van der Waals surface area contributed by atoms with Gasteiger partial charge in [-0.1, -0.05) is 37.6 Å². The molecule has 13 heavy (non-hydrogen) atoms. The summed E-state index contributed by atoms with van der Waals surface area (Å²) < 4.78 is 0. The van der Waals surface area contributed by atoms with Gasteiger partial charge in [0, 0.05) is 0 Å². The average molecular weight is 177 g/mol. The highest BCUT2D eigenvalue weighted by atomic mass is 14.5. The van der Waals surface area contributed by atoms with E-state index in [-0.39, 0.29) is 0 Å². The van der Waals surface area contributed by atoms with Gasteiger partial charge in [0.25, 0.3) is 0 Å². The molecule has 0 bridgehead atoms. The minimum atomic E-state index is 0.788. The molecule has 0 saturated heterocycles. The Bertz CT molecular complexity index is 225. The summed E-state index contributed by atoms with van der Waals surface area (Å²) in [5.74, 6) is 0. The maximum atomic E-state index is 5.45. The van der Waals surface area contributed by atoms with Crippen molar-refractivity contribution >= 4 is 0 Å². The molecule has 0 amide bonds. The highest BCUT2D eigenvalue weighted by molar-refractivity contribution is 5.22. The molecule has 0 aromatic heterocycles. The number of hydrogen-bond acceptors (Lipinski definition) is 1. The number of benzene rings is 1. The fraction of sp³-hybridized carbons (Fsp3) is 0.500. The molecule has 0 aliphatic carbocycles. The van der Waals surface area contributed by atoms with Crippen LogP contribution in [0, 0.1) is 0 Å². The Morgan fingerprint density at radius 3 is 2.00 bits per heavy atom. The molecule has 72 valence electrons. The summed E-state index contributed by atoms with van der Waals surface area (Å²) in [5.41, 5.74) is 8.31. The minimum absolute atomic E-state index is 0.788. The average Bonchev–Trinajstić information content (AvgIpc) is 2.17. The lowest BCUT2D eigenvalue weighted by Gasteiger charge is -2.02. The highest BCUT2D eigenvalue weighted by Gasteiger charge is 1.93. The lowest BCUT2D eigenvalue weighted by molar-refractivity contribution is 0.831. The zero-order valence-electron chi connectivity index (χ0n) is 8.42. The molecule has 0 aliphatic heterocycles. The molecule has 0 unspecified atom stereocenters. The standard InChI is InChI=1S/C12H19N/c1-2-4-11-6-8-12(9-7-11)5-3-10-13/h6-9H,2-5,10,13H2,1H3. The van der Waals surface area contributed by atoms with Crippen LogP contribution in [0.4, 0.5) is 0 Å². The summed E-state index contributed by atoms with van der Waals surface area (Å²) in [6, 6.07) is 8.91. The lowest BCUT2D eigenvalue weighted by atomic mass is 10.1. The maximum Gasteiger partial charge on any atom is -0.00741 e. The molecular weight excluding hydrogens is 158 g/mol. The number of aryl methyl sites for hydroxylation is 2. The van der Waals surface area contributed by atoms with Gasteiger partial charge >= 0.3 is 0 Å². The number of rotatable bonds is 5. The van der Waals surface area contributed by atoms with E-state index < -0.39 is 0 Å². The minimum Gasteiger partial charge on any atom is -0.330 e. The number of hydrogen-bond donors (Lipinski definition) is 1. The summed E-state index contributed by atoms with van der Waals surface area (Å²) in [4.78, 5) is 0. The van der Waals surface area contributed by atoms with E-state index in [9.17, 15) is 0 Å². The van der Waals surface area contributed by atoms with Crippen LogP contribution >= 0.6 is 0 Å². The summed E-state index contributed by atoms with van der Waals surface area (Å²) in [5, 5.41) is 0. The zero-order chi connectivity index (χ0) is 9.52. The van der Waals surface area contributed by atoms with Gasteiger partial charge in [-0.2, -0.15) is 0 Å². The van der Waals surface area contributed by atoms with Gasteiger partial charge < -0.3 is 5.73 Å². The molecule has 0 radical (unpaired) electrons. The monoisotopic (exact) mass is 177 g/mol. The molecule has 0 atom stereocenters. The van der Waals surface area contributed by atoms with E-state index >= 15 is 0 Å². The molecule has 1 rings (SSSR count). The van der Waals surface area contributed by atoms with E-state index in [1.54, 1.807) is 0 Å². The third-order valence-corrected chi connectivity index (χ3v) is 2.23. The fourth-order valence-electron chi connectivity index (χ4n) is 1.47. The van der Waals surface area contributed by atoms with Gasteiger partial charge in [-0.3, -0.25) is 0 Å². The van der Waals surface area contributed by atoms with Crippen LogP contribution in [0.5, 0.6) is 0 Å². The van der Waals surface area contributed by atoms with E-state index in [1.807, 2.05) is 0 Å². The van der Waals surface area contributed by atoms with Crippen molar-refractivity contribution in [3.63, 3.8) is 0 Å². The van der Waals surface area contributed by atoms with Gasteiger partial charge in [0.05, 0.1) is 0 Å². The largest absolute Gasteiger partial charge is 0.330 e. The lowest BCUT2D eigenvalue weighted by Crippen LogP contribution is -2.00. The van der Waals surface area contributed by atoms with Crippen molar-refractivity contribution in [2.24, 2.45) is 5.73 Å². The predicted octanol–water partition coefficient (Wildman–Crippen LogP) is 2.53. The summed E-state index contributed by atoms with van der Waals surface area (Å²) in [7, 11) is 0. The molecule has 1 nitrogen and oxygen atoms in total. The molecule has 0 spiro atoms. The Hall–Kier alpha value is -0.820. The molecule has 1 heteroatoms. The van der Waals surface area contributed by atoms with E-state index in [0.29, 0.717) is 0 Å². The van der Waals surface area contributed by atoms with Crippen LogP contribution in [0.3, 0.4) is 0 Å². The van der Waals surface area contributed by atoms with Crippen LogP contribution in [0.1, 0.15) is 30.9 Å². The quantitative estimate of drug-likeness (QED) is 0.735. The van der Waals surface area contributed by atoms with Crippen molar-refractivity contribution in [1.29, 1.82) is 0 Å². The molecule has 1 aromatic carbocycles. The van der Waals surface area contributed by atoms with E-state index in [0.717, 1.165) is 19.4 Å². The third kappa shape index (κ3) is 3.60. The first-order chi connectivity index (χ1) is 6.36. The predicted molar refractivity (Wildman–Crippen MR) is 57.8 cm³/mol. The van der Waals surface area contributed by atoms with Crippen LogP contribution in [-0.2, 0) is 12.8 Å². The van der Waals surface area contributed by atoms with Crippen LogP contribution in [0.2, 0.25) is 0 Å². The first-order valence-corrected chi connectivity index (χ1v) is 5.14. The third-order valence-electron chi connectivity index (χ3n) is 2.23. The van der Waals surface area contributed by atoms with Crippen LogP contribution < -0.4 is 5.73 Å². The van der Waals surface area contributed by atoms with E-state index in [4.69, 9.17) is 5.73 Å². The first-order valence-electron chi connectivity index (χ1n) is 5.14. The second-order valence-electron chi connectivity index (χ2n) is 3.46. The van der Waals surface area contributed by atoms with Gasteiger partial charge in [0.1, 0.15) is 0 Å². The summed E-state index contributed by atoms with van der Waals surface area (Å²) in [6.07, 6.45) is 4.62. The topological polar surface area (TPSA) is 26.0 Å². The van der Waals surface area contributed by atoms with Crippen molar-refractivity contribution in [2.45, 2.75) is 32.6 Å². The molecule has 1 aromatic rings. The maximum absolute atomic E-state index is 5.45. The van der Waals surface area contributed by atoms with E-state index in [2.05, 4.69) is 31.2 Å². The second kappa shape index (κ2) is 5.76. The van der Waals surface area contributed by atoms with E-state index in [1.165, 1.54) is 24.0 Å². The Kier molecular flexibility index (Phi) is 4.55.